The van der Waals surface area contributed by atoms with E-state index in [2.05, 4.69) is 4.90 Å². The predicted molar refractivity (Wildman–Crippen MR) is 64.3 cm³/mol. The van der Waals surface area contributed by atoms with Gasteiger partial charge in [0.05, 0.1) is 0 Å². The van der Waals surface area contributed by atoms with Crippen LogP contribution in [0.25, 0.3) is 0 Å². The summed E-state index contributed by atoms with van der Waals surface area (Å²) in [6.45, 7) is 4.61. The van der Waals surface area contributed by atoms with Crippen molar-refractivity contribution < 1.29 is 18.3 Å². The van der Waals surface area contributed by atoms with Crippen LogP contribution < -0.4 is 0 Å². The van der Waals surface area contributed by atoms with E-state index < -0.39 is 21.2 Å². The van der Waals surface area contributed by atoms with Gasteiger partial charge in [-0.25, -0.2) is 8.42 Å². The molecule has 0 amide bonds. The van der Waals surface area contributed by atoms with Crippen molar-refractivity contribution >= 4 is 16.0 Å². The fourth-order valence-electron chi connectivity index (χ4n) is 1.94. The van der Waals surface area contributed by atoms with Gasteiger partial charge < -0.3 is 10.0 Å². The van der Waals surface area contributed by atoms with Crippen LogP contribution in [0.4, 0.5) is 0 Å². The third-order valence-electron chi connectivity index (χ3n) is 3.37. The van der Waals surface area contributed by atoms with Crippen LogP contribution in [0, 0.1) is 0 Å². The zero-order valence-electron chi connectivity index (χ0n) is 10.5. The highest BCUT2D eigenvalue weighted by Gasteiger charge is 2.37. The number of nitrogens with zero attached hydrogens (tertiary/aromatic N) is 2. The maximum absolute atomic E-state index is 12.0. The Bertz CT molecular complexity index is 382. The molecule has 0 aromatic heterocycles. The molecule has 1 aliphatic heterocycles. The Morgan fingerprint density at radius 3 is 2.53 bits per heavy atom. The smallest absolute Gasteiger partial charge is 0.323 e. The van der Waals surface area contributed by atoms with Crippen LogP contribution in [-0.2, 0) is 14.8 Å². The van der Waals surface area contributed by atoms with Crippen molar-refractivity contribution in [3.63, 3.8) is 0 Å². The molecule has 100 valence electrons. The van der Waals surface area contributed by atoms with Crippen LogP contribution in [0.3, 0.4) is 0 Å². The van der Waals surface area contributed by atoms with Crippen LogP contribution in [0.2, 0.25) is 0 Å². The van der Waals surface area contributed by atoms with Gasteiger partial charge in [0, 0.05) is 25.7 Å². The molecular formula is C10H20N2O4S. The summed E-state index contributed by atoms with van der Waals surface area (Å²) in [5, 5.41) is 7.44. The van der Waals surface area contributed by atoms with Crippen molar-refractivity contribution in [3.8, 4) is 0 Å². The molecule has 0 bridgehead atoms. The molecule has 1 rings (SSSR count). The topological polar surface area (TPSA) is 77.9 Å². The number of hydrogen-bond donors (Lipinski definition) is 1. The molecule has 0 aromatic carbocycles. The molecule has 1 heterocycles. The van der Waals surface area contributed by atoms with Crippen LogP contribution in [-0.4, -0.2) is 66.7 Å². The van der Waals surface area contributed by atoms with Gasteiger partial charge >= 0.3 is 5.97 Å². The van der Waals surface area contributed by atoms with E-state index in [9.17, 15) is 13.2 Å². The third kappa shape index (κ3) is 2.97. The summed E-state index contributed by atoms with van der Waals surface area (Å²) in [5.74, 6) is -1.29. The molecule has 0 radical (unpaired) electrons. The van der Waals surface area contributed by atoms with Gasteiger partial charge in [-0.3, -0.25) is 4.79 Å². The van der Waals surface area contributed by atoms with Gasteiger partial charge in [0.15, 0.2) is 5.25 Å². The Hall–Kier alpha value is -0.660. The monoisotopic (exact) mass is 264 g/mol. The van der Waals surface area contributed by atoms with E-state index in [0.717, 1.165) is 6.42 Å². The number of likely N-dealkylation sites (N-methyl/N-ethyl adjacent to an activating group) is 1. The molecule has 6 nitrogen and oxygen atoms in total. The molecule has 2 unspecified atom stereocenters. The molecule has 7 heteroatoms. The van der Waals surface area contributed by atoms with E-state index in [1.54, 1.807) is 0 Å². The minimum atomic E-state index is -3.72. The number of hydrogen-bond acceptors (Lipinski definition) is 4. The average molecular weight is 264 g/mol. The lowest BCUT2D eigenvalue weighted by Crippen LogP contribution is -2.55. The molecule has 2 atom stereocenters. The Kier molecular flexibility index (Phi) is 4.51. The van der Waals surface area contributed by atoms with Gasteiger partial charge in [0.1, 0.15) is 0 Å². The molecule has 1 fully saturated rings. The van der Waals surface area contributed by atoms with Crippen molar-refractivity contribution in [1.82, 2.24) is 9.21 Å². The molecule has 1 saturated heterocycles. The number of rotatable bonds is 4. The lowest BCUT2D eigenvalue weighted by Gasteiger charge is -2.38. The van der Waals surface area contributed by atoms with Crippen molar-refractivity contribution in [1.29, 1.82) is 0 Å². The number of sulfonamides is 1. The summed E-state index contributed by atoms with van der Waals surface area (Å²) in [6.07, 6.45) is 0.851. The number of aliphatic carboxylic acids is 1. The SMILES string of the molecule is CCC1CN(S(=O)(=O)C(C)C(=O)O)CCN1C. The Balaban J connectivity index is 2.83. The molecule has 0 aromatic rings. The van der Waals surface area contributed by atoms with Crippen molar-refractivity contribution in [2.24, 2.45) is 0 Å². The van der Waals surface area contributed by atoms with Gasteiger partial charge in [0.2, 0.25) is 10.0 Å². The van der Waals surface area contributed by atoms with Gasteiger partial charge in [0.25, 0.3) is 0 Å². The van der Waals surface area contributed by atoms with E-state index in [1.165, 1.54) is 11.2 Å². The maximum atomic E-state index is 12.0. The van der Waals surface area contributed by atoms with Crippen LogP contribution in [0.1, 0.15) is 20.3 Å². The van der Waals surface area contributed by atoms with Gasteiger partial charge in [-0.15, -0.1) is 0 Å². The summed E-state index contributed by atoms with van der Waals surface area (Å²) < 4.78 is 25.3. The van der Waals surface area contributed by atoms with Gasteiger partial charge in [-0.05, 0) is 20.4 Å². The van der Waals surface area contributed by atoms with Crippen LogP contribution in [0.15, 0.2) is 0 Å². The second-order valence-corrected chi connectivity index (χ2v) is 6.68. The number of carbonyl (C=O) groups is 1. The summed E-state index contributed by atoms with van der Waals surface area (Å²) in [7, 11) is -1.76. The molecule has 1 aliphatic rings. The van der Waals surface area contributed by atoms with Crippen molar-refractivity contribution in [3.05, 3.63) is 0 Å². The number of piperazine rings is 1. The van der Waals surface area contributed by atoms with Crippen molar-refractivity contribution in [2.45, 2.75) is 31.6 Å². The first kappa shape index (κ1) is 14.4. The van der Waals surface area contributed by atoms with E-state index in [4.69, 9.17) is 5.11 Å². The normalized spacial score (nSPS) is 25.7. The van der Waals surface area contributed by atoms with E-state index in [0.29, 0.717) is 19.6 Å². The lowest BCUT2D eigenvalue weighted by atomic mass is 10.1. The summed E-state index contributed by atoms with van der Waals surface area (Å²) >= 11 is 0. The van der Waals surface area contributed by atoms with Crippen LogP contribution in [0.5, 0.6) is 0 Å². The highest BCUT2D eigenvalue weighted by Crippen LogP contribution is 2.17. The van der Waals surface area contributed by atoms with Gasteiger partial charge in [-0.1, -0.05) is 6.92 Å². The average Bonchev–Trinajstić information content (AvgIpc) is 2.28. The maximum Gasteiger partial charge on any atom is 0.323 e. The second-order valence-electron chi connectivity index (χ2n) is 4.43. The van der Waals surface area contributed by atoms with Gasteiger partial charge in [-0.2, -0.15) is 4.31 Å². The quantitative estimate of drug-likeness (QED) is 0.762. The second kappa shape index (κ2) is 5.32. The number of carboxylic acid groups (broad SMARTS) is 1. The summed E-state index contributed by atoms with van der Waals surface area (Å²) in [5.41, 5.74) is 0. The fraction of sp³-hybridized carbons (Fsp3) is 0.900. The molecule has 17 heavy (non-hydrogen) atoms. The largest absolute Gasteiger partial charge is 0.480 e. The summed E-state index contributed by atoms with van der Waals surface area (Å²) in [6, 6.07) is 0.166. The van der Waals surface area contributed by atoms with Crippen LogP contribution >= 0.6 is 0 Å². The highest BCUT2D eigenvalue weighted by atomic mass is 32.2. The minimum absolute atomic E-state index is 0.166. The molecule has 0 aliphatic carbocycles. The first-order chi connectivity index (χ1) is 7.80. The number of carboxylic acids is 1. The summed E-state index contributed by atoms with van der Waals surface area (Å²) in [4.78, 5) is 12.9. The Morgan fingerprint density at radius 1 is 1.47 bits per heavy atom. The fourth-order valence-corrected chi connectivity index (χ4v) is 3.36. The first-order valence-corrected chi connectivity index (χ1v) is 7.23. The zero-order valence-corrected chi connectivity index (χ0v) is 11.3. The molecule has 1 N–H and O–H groups in total. The Morgan fingerprint density at radius 2 is 2.06 bits per heavy atom. The van der Waals surface area contributed by atoms with Crippen molar-refractivity contribution in [2.75, 3.05) is 26.7 Å². The Labute approximate surface area is 102 Å². The van der Waals surface area contributed by atoms with E-state index in [1.807, 2.05) is 14.0 Å². The molecule has 0 saturated carbocycles. The first-order valence-electron chi connectivity index (χ1n) is 5.72. The molecular weight excluding hydrogens is 244 g/mol. The van der Waals surface area contributed by atoms with E-state index in [-0.39, 0.29) is 6.04 Å². The predicted octanol–water partition coefficient (Wildman–Crippen LogP) is -0.185. The van der Waals surface area contributed by atoms with E-state index >= 15 is 0 Å². The standard InChI is InChI=1S/C10H20N2O4S/c1-4-9-7-12(6-5-11(9)3)17(15,16)8(2)10(13)14/h8-9H,4-7H2,1-3H3,(H,13,14). The lowest BCUT2D eigenvalue weighted by molar-refractivity contribution is -0.136. The third-order valence-corrected chi connectivity index (χ3v) is 5.51. The minimum Gasteiger partial charge on any atom is -0.480 e. The molecule has 0 spiro atoms. The highest BCUT2D eigenvalue weighted by molar-refractivity contribution is 7.90. The zero-order chi connectivity index (χ0) is 13.2.